The van der Waals surface area contributed by atoms with Crippen molar-refractivity contribution < 1.29 is 9.59 Å². The SMILES string of the molecule is CC.CC.CCCC(C)NC(C)=O.CCCC(C)NC=O. The Balaban J connectivity index is -0.000000111. The minimum atomic E-state index is 0.0657. The van der Waals surface area contributed by atoms with Crippen molar-refractivity contribution in [1.29, 1.82) is 0 Å². The van der Waals surface area contributed by atoms with Gasteiger partial charge in [0.25, 0.3) is 0 Å². The number of amides is 2. The molecule has 4 heteroatoms. The molecule has 0 aliphatic heterocycles. The molecule has 4 nitrogen and oxygen atoms in total. The van der Waals surface area contributed by atoms with E-state index in [1.54, 1.807) is 6.92 Å². The highest BCUT2D eigenvalue weighted by Gasteiger charge is 1.99. The number of carbonyl (C=O) groups excluding carboxylic acids is 2. The average Bonchev–Trinajstić information content (AvgIpc) is 2.44. The number of rotatable bonds is 7. The smallest absolute Gasteiger partial charge is 0.217 e. The quantitative estimate of drug-likeness (QED) is 0.689. The van der Waals surface area contributed by atoms with E-state index in [-0.39, 0.29) is 5.91 Å². The molecule has 2 atom stereocenters. The van der Waals surface area contributed by atoms with E-state index >= 15 is 0 Å². The van der Waals surface area contributed by atoms with E-state index in [1.165, 1.54) is 0 Å². The van der Waals surface area contributed by atoms with Gasteiger partial charge in [0.1, 0.15) is 0 Å². The molecule has 0 saturated carbocycles. The molecule has 2 amide bonds. The summed E-state index contributed by atoms with van der Waals surface area (Å²) in [5.74, 6) is 0.0657. The van der Waals surface area contributed by atoms with Crippen molar-refractivity contribution in [3.05, 3.63) is 0 Å². The van der Waals surface area contributed by atoms with Gasteiger partial charge in [-0.15, -0.1) is 0 Å². The lowest BCUT2D eigenvalue weighted by Crippen LogP contribution is -2.29. The molecule has 0 aromatic carbocycles. The zero-order valence-corrected chi connectivity index (χ0v) is 15.9. The van der Waals surface area contributed by atoms with E-state index in [2.05, 4.69) is 24.5 Å². The van der Waals surface area contributed by atoms with Gasteiger partial charge in [0.2, 0.25) is 12.3 Å². The highest BCUT2D eigenvalue weighted by atomic mass is 16.1. The zero-order valence-electron chi connectivity index (χ0n) is 15.9. The highest BCUT2D eigenvalue weighted by Crippen LogP contribution is 1.93. The lowest BCUT2D eigenvalue weighted by atomic mass is 10.2. The van der Waals surface area contributed by atoms with Crippen LogP contribution in [0.2, 0.25) is 0 Å². The van der Waals surface area contributed by atoms with Crippen LogP contribution >= 0.6 is 0 Å². The van der Waals surface area contributed by atoms with E-state index < -0.39 is 0 Å². The van der Waals surface area contributed by atoms with Crippen LogP contribution in [0.15, 0.2) is 0 Å². The molecule has 21 heavy (non-hydrogen) atoms. The Labute approximate surface area is 133 Å². The molecule has 0 heterocycles. The Morgan fingerprint density at radius 2 is 1.33 bits per heavy atom. The number of carbonyl (C=O) groups is 2. The summed E-state index contributed by atoms with van der Waals surface area (Å²) in [6, 6.07) is 0.685. The number of hydrogen-bond acceptors (Lipinski definition) is 2. The standard InChI is InChI=1S/C7H15NO.C6H13NO.2C2H6/c1-4-5-6(2)8-7(3)9;1-3-4-6(2)7-5-8;2*1-2/h6H,4-5H2,1-3H3,(H,8,9);5-6H,3-4H2,1-2H3,(H,7,8);2*1-2H3. The third-order valence-electron chi connectivity index (χ3n) is 2.25. The molecule has 0 aliphatic rings. The van der Waals surface area contributed by atoms with Crippen molar-refractivity contribution >= 4 is 12.3 Å². The summed E-state index contributed by atoms with van der Waals surface area (Å²) in [5.41, 5.74) is 0. The third kappa shape index (κ3) is 38.1. The Morgan fingerprint density at radius 1 is 0.952 bits per heavy atom. The van der Waals surface area contributed by atoms with Crippen LogP contribution in [0, 0.1) is 0 Å². The molecule has 0 spiro atoms. The maximum Gasteiger partial charge on any atom is 0.217 e. The number of nitrogens with one attached hydrogen (secondary N) is 2. The Bertz CT molecular complexity index is 197. The van der Waals surface area contributed by atoms with Crippen molar-refractivity contribution in [2.45, 2.75) is 100 Å². The summed E-state index contributed by atoms with van der Waals surface area (Å²) in [4.78, 5) is 20.2. The summed E-state index contributed by atoms with van der Waals surface area (Å²) < 4.78 is 0. The van der Waals surface area contributed by atoms with Crippen LogP contribution in [0.25, 0.3) is 0 Å². The van der Waals surface area contributed by atoms with Crippen LogP contribution in [0.1, 0.15) is 88.0 Å². The van der Waals surface area contributed by atoms with Gasteiger partial charge in [-0.3, -0.25) is 9.59 Å². The van der Waals surface area contributed by atoms with Gasteiger partial charge in [-0.05, 0) is 26.7 Å². The van der Waals surface area contributed by atoms with Gasteiger partial charge in [-0.1, -0.05) is 54.4 Å². The highest BCUT2D eigenvalue weighted by molar-refractivity contribution is 5.73. The molecule has 2 N–H and O–H groups in total. The van der Waals surface area contributed by atoms with Crippen LogP contribution in [-0.2, 0) is 9.59 Å². The molecule has 0 radical (unpaired) electrons. The summed E-state index contributed by atoms with van der Waals surface area (Å²) in [6.45, 7) is 17.8. The van der Waals surface area contributed by atoms with Gasteiger partial charge in [-0.2, -0.15) is 0 Å². The normalized spacial score (nSPS) is 10.9. The van der Waals surface area contributed by atoms with E-state index in [0.717, 1.165) is 32.1 Å². The Morgan fingerprint density at radius 3 is 1.62 bits per heavy atom. The molecular formula is C17H40N2O2. The van der Waals surface area contributed by atoms with E-state index in [1.807, 2.05) is 41.5 Å². The van der Waals surface area contributed by atoms with Crippen molar-refractivity contribution in [3.63, 3.8) is 0 Å². The first kappa shape index (κ1) is 28.2. The van der Waals surface area contributed by atoms with Gasteiger partial charge in [0.15, 0.2) is 0 Å². The van der Waals surface area contributed by atoms with E-state index in [9.17, 15) is 9.59 Å². The Hall–Kier alpha value is -1.06. The first-order valence-corrected chi connectivity index (χ1v) is 8.44. The Kier molecular flexibility index (Phi) is 36.6. The van der Waals surface area contributed by atoms with Crippen molar-refractivity contribution in [2.24, 2.45) is 0 Å². The predicted molar refractivity (Wildman–Crippen MR) is 94.5 cm³/mol. The molecule has 0 rings (SSSR count). The van der Waals surface area contributed by atoms with Crippen molar-refractivity contribution in [2.75, 3.05) is 0 Å². The second-order valence-corrected chi connectivity index (χ2v) is 4.36. The van der Waals surface area contributed by atoms with Crippen LogP contribution in [0.3, 0.4) is 0 Å². The predicted octanol–water partition coefficient (Wildman–Crippen LogP) is 4.28. The lowest BCUT2D eigenvalue weighted by Gasteiger charge is -2.09. The second-order valence-electron chi connectivity index (χ2n) is 4.36. The average molecular weight is 305 g/mol. The molecule has 2 unspecified atom stereocenters. The summed E-state index contributed by atoms with van der Waals surface area (Å²) >= 11 is 0. The fourth-order valence-corrected chi connectivity index (χ4v) is 1.48. The minimum absolute atomic E-state index is 0.0657. The van der Waals surface area contributed by atoms with Crippen LogP contribution in [0.4, 0.5) is 0 Å². The van der Waals surface area contributed by atoms with E-state index in [0.29, 0.717) is 12.1 Å². The largest absolute Gasteiger partial charge is 0.356 e. The first-order chi connectivity index (χ1) is 9.97. The number of hydrogen-bond donors (Lipinski definition) is 2. The van der Waals surface area contributed by atoms with Gasteiger partial charge < -0.3 is 10.6 Å². The second kappa shape index (κ2) is 27.3. The fraction of sp³-hybridized carbons (Fsp3) is 0.882. The molecule has 0 fully saturated rings. The molecular weight excluding hydrogens is 264 g/mol. The molecule has 0 saturated heterocycles. The van der Waals surface area contributed by atoms with Crippen LogP contribution < -0.4 is 10.6 Å². The maximum absolute atomic E-state index is 10.4. The zero-order chi connectivity index (χ0) is 17.7. The maximum atomic E-state index is 10.4. The molecule has 0 aromatic heterocycles. The topological polar surface area (TPSA) is 58.2 Å². The summed E-state index contributed by atoms with van der Waals surface area (Å²) in [7, 11) is 0. The monoisotopic (exact) mass is 304 g/mol. The van der Waals surface area contributed by atoms with Gasteiger partial charge in [-0.25, -0.2) is 0 Å². The fourth-order valence-electron chi connectivity index (χ4n) is 1.48. The van der Waals surface area contributed by atoms with Crippen LogP contribution in [0.5, 0.6) is 0 Å². The molecule has 0 aromatic rings. The molecule has 0 aliphatic carbocycles. The first-order valence-electron chi connectivity index (χ1n) is 8.44. The van der Waals surface area contributed by atoms with Crippen LogP contribution in [-0.4, -0.2) is 24.4 Å². The van der Waals surface area contributed by atoms with Crippen molar-refractivity contribution in [3.8, 4) is 0 Å². The van der Waals surface area contributed by atoms with Gasteiger partial charge >= 0.3 is 0 Å². The molecule has 130 valence electrons. The van der Waals surface area contributed by atoms with Gasteiger partial charge in [0, 0.05) is 19.0 Å². The van der Waals surface area contributed by atoms with Gasteiger partial charge in [0.05, 0.1) is 0 Å². The lowest BCUT2D eigenvalue weighted by molar-refractivity contribution is -0.119. The summed E-state index contributed by atoms with van der Waals surface area (Å²) in [5, 5.41) is 5.47. The van der Waals surface area contributed by atoms with E-state index in [4.69, 9.17) is 0 Å². The molecule has 0 bridgehead atoms. The third-order valence-corrected chi connectivity index (χ3v) is 2.25. The minimum Gasteiger partial charge on any atom is -0.356 e. The van der Waals surface area contributed by atoms with Crippen molar-refractivity contribution in [1.82, 2.24) is 10.6 Å². The summed E-state index contributed by atoms with van der Waals surface area (Å²) in [6.07, 6.45) is 5.14.